The van der Waals surface area contributed by atoms with Gasteiger partial charge in [-0.2, -0.15) is 0 Å². The van der Waals surface area contributed by atoms with Gasteiger partial charge in [0.15, 0.2) is 6.29 Å². The van der Waals surface area contributed by atoms with Crippen LogP contribution < -0.4 is 17.2 Å². The van der Waals surface area contributed by atoms with E-state index in [1.807, 2.05) is 6.92 Å². The Kier molecular flexibility index (Phi) is 5.36. The van der Waals surface area contributed by atoms with Gasteiger partial charge in [0.25, 0.3) is 0 Å². The maximum absolute atomic E-state index is 10.1. The molecular weight excluding hydrogens is 262 g/mol. The summed E-state index contributed by atoms with van der Waals surface area (Å²) >= 11 is 0. The summed E-state index contributed by atoms with van der Waals surface area (Å²) in [5, 5.41) is 19.9. The molecule has 1 saturated heterocycles. The Morgan fingerprint density at radius 1 is 1.15 bits per heavy atom. The number of aliphatic hydroxyl groups is 2. The first-order valence-electron chi connectivity index (χ1n) is 7.34. The van der Waals surface area contributed by atoms with E-state index in [-0.39, 0.29) is 12.1 Å². The molecule has 2 rings (SSSR count). The van der Waals surface area contributed by atoms with Gasteiger partial charge in [0.2, 0.25) is 0 Å². The highest BCUT2D eigenvalue weighted by Gasteiger charge is 2.43. The van der Waals surface area contributed by atoms with E-state index in [0.717, 1.165) is 19.3 Å². The normalized spacial score (nSPS) is 48.0. The predicted molar refractivity (Wildman–Crippen MR) is 73.6 cm³/mol. The molecule has 7 nitrogen and oxygen atoms in total. The highest BCUT2D eigenvalue weighted by molar-refractivity contribution is 4.97. The van der Waals surface area contributed by atoms with Gasteiger partial charge >= 0.3 is 0 Å². The van der Waals surface area contributed by atoms with Crippen molar-refractivity contribution in [2.75, 3.05) is 0 Å². The SMILES string of the molecule is CC(N)[C@@H]1CCC[C@@H](O[C@H]2[C@H](O)[C@@H](O)[C@H](N)C[C@@H]2N)O1. The van der Waals surface area contributed by atoms with Crippen LogP contribution in [0.25, 0.3) is 0 Å². The summed E-state index contributed by atoms with van der Waals surface area (Å²) in [6, 6.07) is -1.00. The van der Waals surface area contributed by atoms with Crippen molar-refractivity contribution in [2.24, 2.45) is 17.2 Å². The van der Waals surface area contributed by atoms with Crippen molar-refractivity contribution in [1.82, 2.24) is 0 Å². The second kappa shape index (κ2) is 6.65. The van der Waals surface area contributed by atoms with Crippen LogP contribution in [0.4, 0.5) is 0 Å². The molecule has 7 heteroatoms. The summed E-state index contributed by atoms with van der Waals surface area (Å²) in [6.07, 6.45) is -0.248. The number of ether oxygens (including phenoxy) is 2. The lowest BCUT2D eigenvalue weighted by atomic mass is 9.84. The van der Waals surface area contributed by atoms with Gasteiger partial charge < -0.3 is 36.9 Å². The Balaban J connectivity index is 1.94. The second-order valence-corrected chi connectivity index (χ2v) is 6.04. The van der Waals surface area contributed by atoms with Crippen LogP contribution in [0.3, 0.4) is 0 Å². The topological polar surface area (TPSA) is 137 Å². The van der Waals surface area contributed by atoms with Gasteiger partial charge in [0.1, 0.15) is 12.2 Å². The second-order valence-electron chi connectivity index (χ2n) is 6.04. The van der Waals surface area contributed by atoms with Crippen molar-refractivity contribution in [3.63, 3.8) is 0 Å². The van der Waals surface area contributed by atoms with Gasteiger partial charge in [0.05, 0.1) is 12.2 Å². The Hall–Kier alpha value is -0.280. The first-order chi connectivity index (χ1) is 9.40. The van der Waals surface area contributed by atoms with Crippen LogP contribution >= 0.6 is 0 Å². The fourth-order valence-corrected chi connectivity index (χ4v) is 2.95. The first-order valence-corrected chi connectivity index (χ1v) is 7.34. The lowest BCUT2D eigenvalue weighted by molar-refractivity contribution is -0.249. The minimum atomic E-state index is -1.09. The van der Waals surface area contributed by atoms with Gasteiger partial charge in [-0.3, -0.25) is 0 Å². The van der Waals surface area contributed by atoms with E-state index >= 15 is 0 Å². The van der Waals surface area contributed by atoms with Crippen LogP contribution in [-0.4, -0.2) is 59.0 Å². The molecule has 8 N–H and O–H groups in total. The van der Waals surface area contributed by atoms with Crippen LogP contribution in [0, 0.1) is 0 Å². The average Bonchev–Trinajstić information content (AvgIpc) is 2.41. The molecule has 20 heavy (non-hydrogen) atoms. The van der Waals surface area contributed by atoms with Gasteiger partial charge in [-0.15, -0.1) is 0 Å². The third-order valence-corrected chi connectivity index (χ3v) is 4.24. The van der Waals surface area contributed by atoms with E-state index in [2.05, 4.69) is 0 Å². The number of rotatable bonds is 3. The third-order valence-electron chi connectivity index (χ3n) is 4.24. The zero-order valence-corrected chi connectivity index (χ0v) is 11.9. The molecule has 0 radical (unpaired) electrons. The average molecular weight is 289 g/mol. The van der Waals surface area contributed by atoms with Crippen molar-refractivity contribution in [2.45, 2.75) is 81.4 Å². The Bertz CT molecular complexity index is 318. The molecule has 0 bridgehead atoms. The highest BCUT2D eigenvalue weighted by atomic mass is 16.7. The molecule has 1 saturated carbocycles. The van der Waals surface area contributed by atoms with Crippen molar-refractivity contribution < 1.29 is 19.7 Å². The number of hydrogen-bond acceptors (Lipinski definition) is 7. The molecule has 8 atom stereocenters. The van der Waals surface area contributed by atoms with Gasteiger partial charge in [-0.25, -0.2) is 0 Å². The Morgan fingerprint density at radius 3 is 2.50 bits per heavy atom. The lowest BCUT2D eigenvalue weighted by Crippen LogP contribution is -2.62. The number of hydrogen-bond donors (Lipinski definition) is 5. The van der Waals surface area contributed by atoms with Gasteiger partial charge in [-0.05, 0) is 32.6 Å². The summed E-state index contributed by atoms with van der Waals surface area (Å²) in [6.45, 7) is 1.90. The van der Waals surface area contributed by atoms with E-state index in [0.29, 0.717) is 6.42 Å². The molecule has 0 spiro atoms. The molecule has 0 aromatic heterocycles. The molecule has 0 aromatic rings. The molecule has 2 aliphatic rings. The number of nitrogens with two attached hydrogens (primary N) is 3. The molecule has 0 aromatic carbocycles. The molecule has 1 aliphatic carbocycles. The lowest BCUT2D eigenvalue weighted by Gasteiger charge is -2.42. The molecule has 0 amide bonds. The molecule has 118 valence electrons. The van der Waals surface area contributed by atoms with Gasteiger partial charge in [-0.1, -0.05) is 0 Å². The van der Waals surface area contributed by atoms with Crippen molar-refractivity contribution in [1.29, 1.82) is 0 Å². The Labute approximate surface area is 119 Å². The van der Waals surface area contributed by atoms with Crippen molar-refractivity contribution in [3.05, 3.63) is 0 Å². The molecule has 1 unspecified atom stereocenters. The fourth-order valence-electron chi connectivity index (χ4n) is 2.95. The summed E-state index contributed by atoms with van der Waals surface area (Å²) in [7, 11) is 0. The van der Waals surface area contributed by atoms with E-state index in [1.165, 1.54) is 0 Å². The minimum absolute atomic E-state index is 0.0436. The quantitative estimate of drug-likeness (QED) is 0.421. The van der Waals surface area contributed by atoms with E-state index in [1.54, 1.807) is 0 Å². The summed E-state index contributed by atoms with van der Waals surface area (Å²) in [5.41, 5.74) is 17.5. The van der Waals surface area contributed by atoms with Crippen molar-refractivity contribution in [3.8, 4) is 0 Å². The zero-order chi connectivity index (χ0) is 14.9. The summed E-state index contributed by atoms with van der Waals surface area (Å²) < 4.78 is 11.6. The number of aliphatic hydroxyl groups excluding tert-OH is 2. The molecular formula is C13H27N3O4. The van der Waals surface area contributed by atoms with Crippen LogP contribution in [0.5, 0.6) is 0 Å². The smallest absolute Gasteiger partial charge is 0.158 e. The maximum atomic E-state index is 10.1. The standard InChI is InChI=1S/C13H27N3O4/c1-6(14)9-3-2-4-10(19-9)20-13-8(16)5-7(15)11(17)12(13)18/h6-13,17-18H,2-5,14-16H2,1H3/t6?,7-,8+,9+,10-,11+,12-,13-/m1/s1. The Morgan fingerprint density at radius 2 is 1.85 bits per heavy atom. The molecule has 1 heterocycles. The zero-order valence-electron chi connectivity index (χ0n) is 11.9. The van der Waals surface area contributed by atoms with Gasteiger partial charge in [0, 0.05) is 18.1 Å². The van der Waals surface area contributed by atoms with Crippen LogP contribution in [0.15, 0.2) is 0 Å². The predicted octanol–water partition coefficient (Wildman–Crippen LogP) is -1.61. The molecule has 1 aliphatic heterocycles. The van der Waals surface area contributed by atoms with Crippen molar-refractivity contribution >= 4 is 0 Å². The van der Waals surface area contributed by atoms with E-state index in [9.17, 15) is 10.2 Å². The van der Waals surface area contributed by atoms with Crippen LogP contribution in [0.2, 0.25) is 0 Å². The largest absolute Gasteiger partial charge is 0.389 e. The fraction of sp³-hybridized carbons (Fsp3) is 1.00. The first kappa shape index (κ1) is 16.1. The molecule has 2 fully saturated rings. The van der Waals surface area contributed by atoms with Crippen LogP contribution in [-0.2, 0) is 9.47 Å². The summed E-state index contributed by atoms with van der Waals surface area (Å²) in [4.78, 5) is 0. The monoisotopic (exact) mass is 289 g/mol. The maximum Gasteiger partial charge on any atom is 0.158 e. The minimum Gasteiger partial charge on any atom is -0.389 e. The summed E-state index contributed by atoms with van der Waals surface area (Å²) in [5.74, 6) is 0. The highest BCUT2D eigenvalue weighted by Crippen LogP contribution is 2.27. The van der Waals surface area contributed by atoms with E-state index < -0.39 is 36.7 Å². The van der Waals surface area contributed by atoms with Crippen LogP contribution in [0.1, 0.15) is 32.6 Å². The third kappa shape index (κ3) is 3.48. The van der Waals surface area contributed by atoms with E-state index in [4.69, 9.17) is 26.7 Å².